The predicted octanol–water partition coefficient (Wildman–Crippen LogP) is 17.4. The van der Waals surface area contributed by atoms with Crippen LogP contribution in [0.3, 0.4) is 0 Å². The van der Waals surface area contributed by atoms with Gasteiger partial charge in [-0.25, -0.2) is 0 Å². The Morgan fingerprint density at radius 1 is 0.373 bits per heavy atom. The van der Waals surface area contributed by atoms with Crippen molar-refractivity contribution in [1.29, 1.82) is 0 Å². The Kier molecular flexibility index (Phi) is 47.2. The van der Waals surface area contributed by atoms with Gasteiger partial charge in [0.1, 0.15) is 13.2 Å². The maximum Gasteiger partial charge on any atom is 0.306 e. The summed E-state index contributed by atoms with van der Waals surface area (Å²) < 4.78 is 11.0. The van der Waals surface area contributed by atoms with E-state index in [0.717, 1.165) is 43.4 Å². The third-order valence-corrected chi connectivity index (χ3v) is 11.8. The molecule has 1 rings (SSSR count). The second kappa shape index (κ2) is 48.8. The van der Waals surface area contributed by atoms with E-state index < -0.39 is 0 Å². The van der Waals surface area contributed by atoms with Gasteiger partial charge in [0.05, 0.1) is 0 Å². The summed E-state index contributed by atoms with van der Waals surface area (Å²) in [7, 11) is 0. The maximum atomic E-state index is 12.2. The molecule has 5 nitrogen and oxygen atoms in total. The number of carbonyl (C=O) groups excluding carboxylic acids is 2. The van der Waals surface area contributed by atoms with Gasteiger partial charge in [-0.1, -0.05) is 264 Å². The first-order valence-corrected chi connectivity index (χ1v) is 26.2. The monoisotopic (exact) mass is 828 g/mol. The largest absolute Gasteiger partial charge is 0.461 e. The standard InChI is InChI=1S/C44H78O4.C10H23N/c1-3-5-7-9-11-13-15-17-19-21-23-25-27-29-31-36-43(45)47-39-41-34-33-35-42(38-41)40-48-44(46)37-32-30-28-26-24-22-20-18-16-14-12-10-8-6-4-2;1-2-3-4-5-6-7-8-9-10-11/h33-35,38H,3-32,36-37,39-40H2,1-2H3;2-11H2,1H3. The summed E-state index contributed by atoms with van der Waals surface area (Å²) in [4.78, 5) is 24.5. The first-order chi connectivity index (χ1) is 29.1. The number of unbranched alkanes of at least 4 members (excludes halogenated alkanes) is 35. The normalized spacial score (nSPS) is 11.1. The summed E-state index contributed by atoms with van der Waals surface area (Å²) in [5.41, 5.74) is 7.27. The lowest BCUT2D eigenvalue weighted by Gasteiger charge is -2.08. The molecular weight excluding hydrogens is 727 g/mol. The van der Waals surface area contributed by atoms with Crippen LogP contribution in [0.25, 0.3) is 0 Å². The van der Waals surface area contributed by atoms with E-state index in [-0.39, 0.29) is 25.2 Å². The predicted molar refractivity (Wildman–Crippen MR) is 257 cm³/mol. The van der Waals surface area contributed by atoms with Gasteiger partial charge in [-0.3, -0.25) is 9.59 Å². The van der Waals surface area contributed by atoms with Crippen molar-refractivity contribution in [3.8, 4) is 0 Å². The molecule has 0 aliphatic carbocycles. The minimum absolute atomic E-state index is 0.120. The quantitative estimate of drug-likeness (QED) is 0.0524. The molecule has 0 amide bonds. The average Bonchev–Trinajstić information content (AvgIpc) is 3.25. The lowest BCUT2D eigenvalue weighted by atomic mass is 10.0. The summed E-state index contributed by atoms with van der Waals surface area (Å²) in [5, 5.41) is 0. The highest BCUT2D eigenvalue weighted by atomic mass is 16.5. The molecule has 0 aliphatic heterocycles. The Hall–Kier alpha value is -1.88. The molecule has 5 heteroatoms. The van der Waals surface area contributed by atoms with Gasteiger partial charge in [-0.15, -0.1) is 0 Å². The van der Waals surface area contributed by atoms with Gasteiger partial charge in [0.25, 0.3) is 0 Å². The number of benzene rings is 1. The molecule has 59 heavy (non-hydrogen) atoms. The van der Waals surface area contributed by atoms with E-state index in [2.05, 4.69) is 20.8 Å². The van der Waals surface area contributed by atoms with E-state index in [0.29, 0.717) is 12.8 Å². The Morgan fingerprint density at radius 3 is 0.864 bits per heavy atom. The molecule has 0 heterocycles. The van der Waals surface area contributed by atoms with Crippen LogP contribution in [0, 0.1) is 0 Å². The molecule has 0 atom stereocenters. The molecule has 0 bridgehead atoms. The fraction of sp³-hybridized carbons (Fsp3) is 0.852. The molecule has 0 unspecified atom stereocenters. The highest BCUT2D eigenvalue weighted by molar-refractivity contribution is 5.69. The van der Waals surface area contributed by atoms with Crippen LogP contribution in [0.2, 0.25) is 0 Å². The molecular formula is C54H101NO4. The molecule has 0 aliphatic rings. The minimum atomic E-state index is -0.120. The zero-order valence-corrected chi connectivity index (χ0v) is 39.9. The third kappa shape index (κ3) is 45.5. The van der Waals surface area contributed by atoms with Gasteiger partial charge in [-0.2, -0.15) is 0 Å². The topological polar surface area (TPSA) is 78.6 Å². The van der Waals surface area contributed by atoms with Gasteiger partial charge in [0.2, 0.25) is 0 Å². The van der Waals surface area contributed by atoms with Crippen LogP contribution in [0.5, 0.6) is 0 Å². The molecule has 1 aromatic carbocycles. The summed E-state index contributed by atoms with van der Waals surface area (Å²) in [6.07, 6.45) is 51.5. The smallest absolute Gasteiger partial charge is 0.306 e. The van der Waals surface area contributed by atoms with Crippen LogP contribution in [0.1, 0.15) is 289 Å². The summed E-state index contributed by atoms with van der Waals surface area (Å²) in [6.45, 7) is 8.24. The second-order valence-electron chi connectivity index (χ2n) is 17.8. The first-order valence-electron chi connectivity index (χ1n) is 26.2. The van der Waals surface area contributed by atoms with Crippen LogP contribution in [-0.4, -0.2) is 18.5 Å². The summed E-state index contributed by atoms with van der Waals surface area (Å²) >= 11 is 0. The fourth-order valence-corrected chi connectivity index (χ4v) is 7.84. The van der Waals surface area contributed by atoms with Crippen molar-refractivity contribution in [2.75, 3.05) is 6.54 Å². The van der Waals surface area contributed by atoms with Gasteiger partial charge in [0.15, 0.2) is 0 Å². The molecule has 0 aromatic heterocycles. The van der Waals surface area contributed by atoms with Crippen molar-refractivity contribution >= 4 is 11.9 Å². The molecule has 0 spiro atoms. The van der Waals surface area contributed by atoms with Crippen molar-refractivity contribution in [3.05, 3.63) is 35.4 Å². The zero-order valence-electron chi connectivity index (χ0n) is 39.9. The SMILES string of the molecule is CCCCCCCCCCCCCCCCCC(=O)OCc1cccc(COC(=O)CCCCCCCCCCCCCCCCC)c1.CCCCCCCCCCN. The maximum absolute atomic E-state index is 12.2. The number of rotatable bonds is 44. The van der Waals surface area contributed by atoms with Crippen molar-refractivity contribution in [2.45, 2.75) is 291 Å². The van der Waals surface area contributed by atoms with Crippen molar-refractivity contribution in [2.24, 2.45) is 5.73 Å². The Balaban J connectivity index is 0.00000265. The van der Waals surface area contributed by atoms with Crippen LogP contribution in [0.15, 0.2) is 24.3 Å². The van der Waals surface area contributed by atoms with Crippen LogP contribution < -0.4 is 5.73 Å². The highest BCUT2D eigenvalue weighted by Crippen LogP contribution is 2.17. The van der Waals surface area contributed by atoms with Crippen molar-refractivity contribution < 1.29 is 19.1 Å². The second-order valence-corrected chi connectivity index (χ2v) is 17.8. The number of ether oxygens (including phenoxy) is 2. The number of esters is 2. The molecule has 346 valence electrons. The van der Waals surface area contributed by atoms with Crippen molar-refractivity contribution in [3.63, 3.8) is 0 Å². The third-order valence-electron chi connectivity index (χ3n) is 11.8. The number of carbonyl (C=O) groups is 2. The van der Waals surface area contributed by atoms with Crippen LogP contribution in [-0.2, 0) is 32.3 Å². The Labute approximate surface area is 368 Å². The van der Waals surface area contributed by atoms with Gasteiger partial charge < -0.3 is 15.2 Å². The highest BCUT2D eigenvalue weighted by Gasteiger charge is 2.07. The lowest BCUT2D eigenvalue weighted by Crippen LogP contribution is -2.06. The zero-order chi connectivity index (χ0) is 43.0. The molecule has 2 N–H and O–H groups in total. The van der Waals surface area contributed by atoms with Gasteiger partial charge in [-0.05, 0) is 43.0 Å². The Bertz CT molecular complexity index is 923. The van der Waals surface area contributed by atoms with E-state index in [1.807, 2.05) is 24.3 Å². The molecule has 0 saturated heterocycles. The summed E-state index contributed by atoms with van der Waals surface area (Å²) in [5.74, 6) is -0.241. The molecule has 0 radical (unpaired) electrons. The molecule has 0 saturated carbocycles. The Morgan fingerprint density at radius 2 is 0.610 bits per heavy atom. The van der Waals surface area contributed by atoms with Crippen molar-refractivity contribution in [1.82, 2.24) is 0 Å². The lowest BCUT2D eigenvalue weighted by molar-refractivity contribution is -0.145. The van der Waals surface area contributed by atoms with E-state index in [1.54, 1.807) is 0 Å². The van der Waals surface area contributed by atoms with E-state index >= 15 is 0 Å². The van der Waals surface area contributed by atoms with Crippen LogP contribution in [0.4, 0.5) is 0 Å². The van der Waals surface area contributed by atoms with E-state index in [9.17, 15) is 9.59 Å². The van der Waals surface area contributed by atoms with Gasteiger partial charge in [0, 0.05) is 12.8 Å². The van der Waals surface area contributed by atoms with Gasteiger partial charge >= 0.3 is 11.9 Å². The van der Waals surface area contributed by atoms with E-state index in [1.165, 1.54) is 218 Å². The fourth-order valence-electron chi connectivity index (χ4n) is 7.84. The van der Waals surface area contributed by atoms with E-state index in [4.69, 9.17) is 15.2 Å². The first kappa shape index (κ1) is 57.1. The molecule has 1 aromatic rings. The van der Waals surface area contributed by atoms with Crippen LogP contribution >= 0.6 is 0 Å². The summed E-state index contributed by atoms with van der Waals surface area (Å²) in [6, 6.07) is 7.83. The number of nitrogens with two attached hydrogens (primary N) is 1. The minimum Gasteiger partial charge on any atom is -0.461 e. The molecule has 0 fully saturated rings. The number of hydrogen-bond acceptors (Lipinski definition) is 5. The average molecular weight is 828 g/mol. The number of hydrogen-bond donors (Lipinski definition) is 1.